The van der Waals surface area contributed by atoms with Crippen molar-refractivity contribution in [2.45, 2.75) is 40.0 Å². The summed E-state index contributed by atoms with van der Waals surface area (Å²) in [5.41, 5.74) is 2.95. The van der Waals surface area contributed by atoms with Crippen LogP contribution in [-0.4, -0.2) is 0 Å². The first kappa shape index (κ1) is 10.3. The molecule has 0 saturated carbocycles. The van der Waals surface area contributed by atoms with E-state index in [0.717, 1.165) is 5.92 Å². The van der Waals surface area contributed by atoms with Gasteiger partial charge in [0.25, 0.3) is 0 Å². The number of hydrogen-bond donors (Lipinski definition) is 0. The Morgan fingerprint density at radius 1 is 1.23 bits per heavy atom. The quantitative estimate of drug-likeness (QED) is 0.651. The van der Waals surface area contributed by atoms with Crippen LogP contribution in [0.1, 0.15) is 37.8 Å². The van der Waals surface area contributed by atoms with E-state index in [1.165, 1.54) is 30.4 Å². The minimum Gasteiger partial charge on any atom is -0.0654 e. The van der Waals surface area contributed by atoms with Gasteiger partial charge in [0.15, 0.2) is 0 Å². The number of hydrogen-bond acceptors (Lipinski definition) is 0. The van der Waals surface area contributed by atoms with E-state index in [2.05, 4.69) is 45.0 Å². The van der Waals surface area contributed by atoms with Gasteiger partial charge < -0.3 is 0 Å². The van der Waals surface area contributed by atoms with Gasteiger partial charge in [0.2, 0.25) is 0 Å². The van der Waals surface area contributed by atoms with Crippen LogP contribution in [0.5, 0.6) is 0 Å². The first-order chi connectivity index (χ1) is 6.24. The van der Waals surface area contributed by atoms with Crippen LogP contribution in [0.3, 0.4) is 0 Å². The maximum Gasteiger partial charge on any atom is -0.0250 e. The van der Waals surface area contributed by atoms with Crippen molar-refractivity contribution in [1.29, 1.82) is 0 Å². The molecule has 0 aromatic heterocycles. The average molecular weight is 176 g/mol. The molecular weight excluding hydrogens is 156 g/mol. The fourth-order valence-electron chi connectivity index (χ4n) is 1.81. The topological polar surface area (TPSA) is 0 Å². The molecule has 0 heteroatoms. The monoisotopic (exact) mass is 176 g/mol. The van der Waals surface area contributed by atoms with E-state index in [0.29, 0.717) is 0 Å². The van der Waals surface area contributed by atoms with Gasteiger partial charge >= 0.3 is 0 Å². The van der Waals surface area contributed by atoms with Gasteiger partial charge in [-0.15, -0.1) is 0 Å². The minimum atomic E-state index is 0.825. The summed E-state index contributed by atoms with van der Waals surface area (Å²) in [4.78, 5) is 0. The van der Waals surface area contributed by atoms with Crippen molar-refractivity contribution in [3.05, 3.63) is 35.4 Å². The summed E-state index contributed by atoms with van der Waals surface area (Å²) in [7, 11) is 0. The summed E-state index contributed by atoms with van der Waals surface area (Å²) < 4.78 is 0. The van der Waals surface area contributed by atoms with E-state index in [1.54, 1.807) is 0 Å². The van der Waals surface area contributed by atoms with Gasteiger partial charge in [-0.3, -0.25) is 0 Å². The third kappa shape index (κ3) is 3.22. The molecule has 13 heavy (non-hydrogen) atoms. The molecule has 72 valence electrons. The van der Waals surface area contributed by atoms with Gasteiger partial charge in [-0.2, -0.15) is 0 Å². The van der Waals surface area contributed by atoms with E-state index in [9.17, 15) is 0 Å². The van der Waals surface area contributed by atoms with E-state index < -0.39 is 0 Å². The summed E-state index contributed by atoms with van der Waals surface area (Å²) in [6.07, 6.45) is 3.88. The lowest BCUT2D eigenvalue weighted by Gasteiger charge is -2.11. The molecule has 0 aliphatic heterocycles. The molecule has 0 aliphatic carbocycles. The summed E-state index contributed by atoms with van der Waals surface area (Å²) in [5.74, 6) is 0.825. The summed E-state index contributed by atoms with van der Waals surface area (Å²) >= 11 is 0. The molecule has 1 aromatic rings. The Morgan fingerprint density at radius 2 is 1.92 bits per heavy atom. The molecule has 0 radical (unpaired) electrons. The predicted molar refractivity (Wildman–Crippen MR) is 59.0 cm³/mol. The second kappa shape index (κ2) is 5.06. The molecular formula is C13H20. The first-order valence-corrected chi connectivity index (χ1v) is 5.28. The van der Waals surface area contributed by atoms with Crippen LogP contribution in [0.4, 0.5) is 0 Å². The maximum absolute atomic E-state index is 2.34. The third-order valence-electron chi connectivity index (χ3n) is 2.61. The highest BCUT2D eigenvalue weighted by Gasteiger charge is 2.03. The Labute approximate surface area is 82.0 Å². The van der Waals surface area contributed by atoms with Crippen molar-refractivity contribution in [2.24, 2.45) is 5.92 Å². The predicted octanol–water partition coefficient (Wildman–Crippen LogP) is 3.97. The van der Waals surface area contributed by atoms with Crippen molar-refractivity contribution in [3.63, 3.8) is 0 Å². The molecule has 1 unspecified atom stereocenters. The highest BCUT2D eigenvalue weighted by Crippen LogP contribution is 2.16. The fourth-order valence-corrected chi connectivity index (χ4v) is 1.81. The van der Waals surface area contributed by atoms with Gasteiger partial charge in [-0.1, -0.05) is 51.0 Å². The van der Waals surface area contributed by atoms with Crippen LogP contribution in [0.15, 0.2) is 24.3 Å². The van der Waals surface area contributed by atoms with Crippen molar-refractivity contribution in [1.82, 2.24) is 0 Å². The highest BCUT2D eigenvalue weighted by molar-refractivity contribution is 5.25. The molecule has 0 N–H and O–H groups in total. The number of benzene rings is 1. The van der Waals surface area contributed by atoms with Crippen molar-refractivity contribution < 1.29 is 0 Å². The number of aryl methyl sites for hydroxylation is 1. The van der Waals surface area contributed by atoms with E-state index in [-0.39, 0.29) is 0 Å². The van der Waals surface area contributed by atoms with Crippen molar-refractivity contribution in [2.75, 3.05) is 0 Å². The lowest BCUT2D eigenvalue weighted by atomic mass is 9.94. The van der Waals surface area contributed by atoms with Gasteiger partial charge in [0.1, 0.15) is 0 Å². The summed E-state index contributed by atoms with van der Waals surface area (Å²) in [6.45, 7) is 6.80. The van der Waals surface area contributed by atoms with Gasteiger partial charge in [-0.25, -0.2) is 0 Å². The van der Waals surface area contributed by atoms with E-state index in [4.69, 9.17) is 0 Å². The maximum atomic E-state index is 2.34. The average Bonchev–Trinajstić information content (AvgIpc) is 2.09. The normalized spacial score (nSPS) is 12.8. The smallest absolute Gasteiger partial charge is 0.0250 e. The Balaban J connectivity index is 2.58. The first-order valence-electron chi connectivity index (χ1n) is 5.28. The Morgan fingerprint density at radius 3 is 2.54 bits per heavy atom. The standard InChI is InChI=1S/C13H20/c1-4-7-11(2)10-13-9-6-5-8-12(13)3/h5-6,8-9,11H,4,7,10H2,1-3H3. The highest BCUT2D eigenvalue weighted by atomic mass is 14.1. The molecule has 0 fully saturated rings. The fraction of sp³-hybridized carbons (Fsp3) is 0.538. The van der Waals surface area contributed by atoms with Crippen LogP contribution in [0.25, 0.3) is 0 Å². The molecule has 0 aliphatic rings. The minimum absolute atomic E-state index is 0.825. The Kier molecular flexibility index (Phi) is 4.01. The van der Waals surface area contributed by atoms with Crippen LogP contribution in [0, 0.1) is 12.8 Å². The van der Waals surface area contributed by atoms with Crippen LogP contribution < -0.4 is 0 Å². The molecule has 0 amide bonds. The Bertz CT molecular complexity index is 250. The molecule has 1 rings (SSSR count). The largest absolute Gasteiger partial charge is 0.0654 e. The summed E-state index contributed by atoms with van der Waals surface area (Å²) in [5, 5.41) is 0. The van der Waals surface area contributed by atoms with Gasteiger partial charge in [0, 0.05) is 0 Å². The lowest BCUT2D eigenvalue weighted by molar-refractivity contribution is 0.521. The molecule has 0 bridgehead atoms. The second-order valence-electron chi connectivity index (χ2n) is 4.02. The lowest BCUT2D eigenvalue weighted by Crippen LogP contribution is -2.00. The Hall–Kier alpha value is -0.780. The molecule has 0 heterocycles. The number of rotatable bonds is 4. The zero-order valence-electron chi connectivity index (χ0n) is 9.01. The molecule has 0 nitrogen and oxygen atoms in total. The second-order valence-corrected chi connectivity index (χ2v) is 4.02. The van der Waals surface area contributed by atoms with Crippen LogP contribution >= 0.6 is 0 Å². The molecule has 1 aromatic carbocycles. The zero-order valence-corrected chi connectivity index (χ0v) is 9.01. The van der Waals surface area contributed by atoms with Gasteiger partial charge in [-0.05, 0) is 30.4 Å². The molecule has 1 atom stereocenters. The third-order valence-corrected chi connectivity index (χ3v) is 2.61. The SMILES string of the molecule is CCCC(C)Cc1ccccc1C. The molecule has 0 spiro atoms. The van der Waals surface area contributed by atoms with Crippen LogP contribution in [-0.2, 0) is 6.42 Å². The molecule has 0 saturated heterocycles. The van der Waals surface area contributed by atoms with Crippen molar-refractivity contribution >= 4 is 0 Å². The summed E-state index contributed by atoms with van der Waals surface area (Å²) in [6, 6.07) is 8.71. The van der Waals surface area contributed by atoms with E-state index in [1.807, 2.05) is 0 Å². The van der Waals surface area contributed by atoms with Crippen LogP contribution in [0.2, 0.25) is 0 Å². The van der Waals surface area contributed by atoms with Crippen molar-refractivity contribution in [3.8, 4) is 0 Å². The van der Waals surface area contributed by atoms with E-state index >= 15 is 0 Å². The zero-order chi connectivity index (χ0) is 9.68. The van der Waals surface area contributed by atoms with Gasteiger partial charge in [0.05, 0.1) is 0 Å².